The van der Waals surface area contributed by atoms with Crippen LogP contribution in [0.15, 0.2) is 22.5 Å². The molecule has 166 valence electrons. The number of aliphatic imine (C=N–C) groups is 1. The molecule has 1 saturated heterocycles. The van der Waals surface area contributed by atoms with Gasteiger partial charge in [-0.3, -0.25) is 9.89 Å². The van der Waals surface area contributed by atoms with Crippen LogP contribution in [0, 0.1) is 0 Å². The number of ether oxygens (including phenoxy) is 1. The van der Waals surface area contributed by atoms with Crippen LogP contribution in [-0.2, 0) is 4.74 Å². The Kier molecular flexibility index (Phi) is 10.7. The van der Waals surface area contributed by atoms with Crippen molar-refractivity contribution in [3.05, 3.63) is 22.4 Å². The van der Waals surface area contributed by atoms with E-state index in [0.717, 1.165) is 64.4 Å². The fourth-order valence-electron chi connectivity index (χ4n) is 4.15. The number of thiophene rings is 1. The number of hydrogen-bond acceptors (Lipinski definition) is 5. The molecular weight excluding hydrogens is 499 g/mol. The smallest absolute Gasteiger partial charge is 0.191 e. The quantitative estimate of drug-likeness (QED) is 0.283. The summed E-state index contributed by atoms with van der Waals surface area (Å²) in [5, 5.41) is 19.8. The van der Waals surface area contributed by atoms with Gasteiger partial charge in [0.1, 0.15) is 0 Å². The van der Waals surface area contributed by atoms with Gasteiger partial charge >= 0.3 is 0 Å². The monoisotopic (exact) mass is 536 g/mol. The minimum Gasteiger partial charge on any atom is -0.388 e. The second kappa shape index (κ2) is 12.4. The Hall–Kier alpha value is -0.420. The average Bonchev–Trinajstić information content (AvgIpc) is 3.21. The third-order valence-corrected chi connectivity index (χ3v) is 6.68. The van der Waals surface area contributed by atoms with Crippen molar-refractivity contribution in [3.63, 3.8) is 0 Å². The maximum absolute atomic E-state index is 10.8. The molecule has 2 fully saturated rings. The van der Waals surface area contributed by atoms with Crippen LogP contribution in [0.25, 0.3) is 0 Å². The SMILES string of the molecule is CCNC(=NCC1(O)CCCCC1)NCC(c1cccs1)N1CCOC(C)C1.I. The van der Waals surface area contributed by atoms with E-state index in [1.807, 2.05) is 0 Å². The number of hydrogen-bond donors (Lipinski definition) is 3. The second-order valence-corrected chi connectivity index (χ2v) is 9.05. The number of halogens is 1. The first-order chi connectivity index (χ1) is 13.6. The predicted molar refractivity (Wildman–Crippen MR) is 131 cm³/mol. The number of morpholine rings is 1. The molecule has 6 nitrogen and oxygen atoms in total. The first-order valence-corrected chi connectivity index (χ1v) is 11.6. The Balaban J connectivity index is 0.00000300. The van der Waals surface area contributed by atoms with Gasteiger partial charge in [-0.15, -0.1) is 35.3 Å². The molecule has 0 bridgehead atoms. The fraction of sp³-hybridized carbons (Fsp3) is 0.762. The van der Waals surface area contributed by atoms with Crippen LogP contribution < -0.4 is 10.6 Å². The van der Waals surface area contributed by atoms with Crippen LogP contribution in [0.2, 0.25) is 0 Å². The van der Waals surface area contributed by atoms with E-state index in [2.05, 4.69) is 46.9 Å². The van der Waals surface area contributed by atoms with Gasteiger partial charge in [0, 0.05) is 31.1 Å². The highest BCUT2D eigenvalue weighted by Crippen LogP contribution is 2.28. The zero-order valence-corrected chi connectivity index (χ0v) is 20.9. The summed E-state index contributed by atoms with van der Waals surface area (Å²) in [6.45, 7) is 8.96. The lowest BCUT2D eigenvalue weighted by atomic mass is 9.85. The molecule has 1 aliphatic carbocycles. The number of aliphatic hydroxyl groups is 1. The standard InChI is InChI=1S/C21H36N4O2S.HI/c1-3-22-20(24-16-21(26)9-5-4-6-10-21)23-14-18(19-8-7-13-28-19)25-11-12-27-17(2)15-25;/h7-8,13,17-18,26H,3-6,9-12,14-16H2,1-2H3,(H2,22,23,24);1H. The number of nitrogens with zero attached hydrogens (tertiary/aromatic N) is 2. The molecule has 8 heteroatoms. The molecule has 2 heterocycles. The van der Waals surface area contributed by atoms with Gasteiger partial charge in [-0.1, -0.05) is 25.3 Å². The lowest BCUT2D eigenvalue weighted by molar-refractivity contribution is -0.0334. The lowest BCUT2D eigenvalue weighted by Gasteiger charge is -2.37. The van der Waals surface area contributed by atoms with Crippen LogP contribution in [0.4, 0.5) is 0 Å². The molecule has 2 unspecified atom stereocenters. The zero-order chi connectivity index (χ0) is 19.8. The van der Waals surface area contributed by atoms with E-state index in [4.69, 9.17) is 9.73 Å². The van der Waals surface area contributed by atoms with Crippen LogP contribution in [-0.4, -0.2) is 67.0 Å². The molecule has 3 N–H and O–H groups in total. The molecule has 2 atom stereocenters. The van der Waals surface area contributed by atoms with E-state index >= 15 is 0 Å². The summed E-state index contributed by atoms with van der Waals surface area (Å²) in [7, 11) is 0. The van der Waals surface area contributed by atoms with Crippen molar-refractivity contribution in [2.75, 3.05) is 39.3 Å². The molecule has 1 aromatic rings. The summed E-state index contributed by atoms with van der Waals surface area (Å²) in [5.74, 6) is 0.796. The maximum Gasteiger partial charge on any atom is 0.191 e. The Labute approximate surface area is 196 Å². The van der Waals surface area contributed by atoms with Gasteiger partial charge < -0.3 is 20.5 Å². The predicted octanol–water partition coefficient (Wildman–Crippen LogP) is 3.38. The molecule has 1 aliphatic heterocycles. The Morgan fingerprint density at radius 1 is 1.38 bits per heavy atom. The molecule has 0 aromatic carbocycles. The highest BCUT2D eigenvalue weighted by atomic mass is 127. The van der Waals surface area contributed by atoms with E-state index in [1.54, 1.807) is 11.3 Å². The molecule has 2 aliphatic rings. The fourth-order valence-corrected chi connectivity index (χ4v) is 5.01. The molecule has 1 saturated carbocycles. The highest BCUT2D eigenvalue weighted by molar-refractivity contribution is 14.0. The van der Waals surface area contributed by atoms with Crippen molar-refractivity contribution in [3.8, 4) is 0 Å². The maximum atomic E-state index is 10.8. The molecule has 0 spiro atoms. The van der Waals surface area contributed by atoms with E-state index < -0.39 is 5.60 Å². The second-order valence-electron chi connectivity index (χ2n) is 8.07. The summed E-state index contributed by atoms with van der Waals surface area (Å²) in [6.07, 6.45) is 5.42. The molecule has 0 amide bonds. The zero-order valence-electron chi connectivity index (χ0n) is 17.7. The van der Waals surface area contributed by atoms with Gasteiger partial charge in [-0.05, 0) is 38.1 Å². The third-order valence-electron chi connectivity index (χ3n) is 5.71. The van der Waals surface area contributed by atoms with E-state index in [-0.39, 0.29) is 30.1 Å². The number of nitrogens with one attached hydrogen (secondary N) is 2. The molecule has 3 rings (SSSR count). The Morgan fingerprint density at radius 2 is 2.17 bits per heavy atom. The van der Waals surface area contributed by atoms with Crippen LogP contribution in [0.5, 0.6) is 0 Å². The Morgan fingerprint density at radius 3 is 2.83 bits per heavy atom. The minimum atomic E-state index is -0.632. The van der Waals surface area contributed by atoms with Gasteiger partial charge in [0.05, 0.1) is 30.9 Å². The van der Waals surface area contributed by atoms with E-state index in [1.165, 1.54) is 11.3 Å². The lowest BCUT2D eigenvalue weighted by Crippen LogP contribution is -2.48. The van der Waals surface area contributed by atoms with Gasteiger partial charge in [0.2, 0.25) is 0 Å². The normalized spacial score (nSPS) is 23.8. The third kappa shape index (κ3) is 7.65. The summed E-state index contributed by atoms with van der Waals surface area (Å²) in [5.41, 5.74) is -0.632. The first-order valence-electron chi connectivity index (χ1n) is 10.7. The van der Waals surface area contributed by atoms with Crippen molar-refractivity contribution in [1.82, 2.24) is 15.5 Å². The molecule has 1 aromatic heterocycles. The van der Waals surface area contributed by atoms with Gasteiger partial charge in [-0.25, -0.2) is 0 Å². The summed E-state index contributed by atoms with van der Waals surface area (Å²) in [4.78, 5) is 8.60. The molecule has 0 radical (unpaired) electrons. The van der Waals surface area contributed by atoms with Crippen molar-refractivity contribution >= 4 is 41.3 Å². The average molecular weight is 537 g/mol. The number of guanidine groups is 1. The van der Waals surface area contributed by atoms with Gasteiger partial charge in [0.25, 0.3) is 0 Å². The minimum absolute atomic E-state index is 0. The van der Waals surface area contributed by atoms with Crippen molar-refractivity contribution < 1.29 is 9.84 Å². The summed E-state index contributed by atoms with van der Waals surface area (Å²) < 4.78 is 5.73. The first kappa shape index (κ1) is 24.8. The van der Waals surface area contributed by atoms with Crippen molar-refractivity contribution in [2.24, 2.45) is 4.99 Å². The summed E-state index contributed by atoms with van der Waals surface area (Å²) in [6, 6.07) is 4.63. The van der Waals surface area contributed by atoms with Gasteiger partial charge in [0.15, 0.2) is 5.96 Å². The largest absolute Gasteiger partial charge is 0.388 e. The topological polar surface area (TPSA) is 69.1 Å². The summed E-state index contributed by atoms with van der Waals surface area (Å²) >= 11 is 1.80. The molecule has 29 heavy (non-hydrogen) atoms. The van der Waals surface area contributed by atoms with E-state index in [9.17, 15) is 5.11 Å². The van der Waals surface area contributed by atoms with Crippen LogP contribution in [0.1, 0.15) is 56.9 Å². The van der Waals surface area contributed by atoms with Crippen LogP contribution >= 0.6 is 35.3 Å². The van der Waals surface area contributed by atoms with Crippen LogP contribution in [0.3, 0.4) is 0 Å². The van der Waals surface area contributed by atoms with Crippen molar-refractivity contribution in [1.29, 1.82) is 0 Å². The van der Waals surface area contributed by atoms with Gasteiger partial charge in [-0.2, -0.15) is 0 Å². The number of rotatable bonds is 7. The van der Waals surface area contributed by atoms with E-state index in [0.29, 0.717) is 12.6 Å². The molecular formula is C21H37IN4O2S. The van der Waals surface area contributed by atoms with Crippen molar-refractivity contribution in [2.45, 2.75) is 63.7 Å². The highest BCUT2D eigenvalue weighted by Gasteiger charge is 2.29. The Bertz CT molecular complexity index is 608.